The summed E-state index contributed by atoms with van der Waals surface area (Å²) < 4.78 is 0. The molecule has 4 nitrogen and oxygen atoms in total. The van der Waals surface area contributed by atoms with Crippen LogP contribution in [0.2, 0.25) is 0 Å². The van der Waals surface area contributed by atoms with E-state index in [1.807, 2.05) is 27.7 Å². The van der Waals surface area contributed by atoms with Crippen molar-refractivity contribution in [2.24, 2.45) is 11.8 Å². The van der Waals surface area contributed by atoms with E-state index in [9.17, 15) is 10.2 Å². The third-order valence-electron chi connectivity index (χ3n) is 2.09. The van der Waals surface area contributed by atoms with E-state index in [-0.39, 0.29) is 11.8 Å². The SMILES string of the molecule is CC(C)C(O)NCCNC(O)C(C)C. The molecule has 86 valence electrons. The van der Waals surface area contributed by atoms with Crippen molar-refractivity contribution in [2.75, 3.05) is 13.1 Å². The summed E-state index contributed by atoms with van der Waals surface area (Å²) in [5.74, 6) is 0.426. The summed E-state index contributed by atoms with van der Waals surface area (Å²) in [6.07, 6.45) is -0.930. The van der Waals surface area contributed by atoms with Crippen LogP contribution in [0.1, 0.15) is 27.7 Å². The average Bonchev–Trinajstić information content (AvgIpc) is 2.11. The molecule has 0 radical (unpaired) electrons. The number of nitrogens with one attached hydrogen (secondary N) is 2. The Morgan fingerprint density at radius 3 is 1.29 bits per heavy atom. The van der Waals surface area contributed by atoms with E-state index in [2.05, 4.69) is 10.6 Å². The molecule has 0 aromatic heterocycles. The summed E-state index contributed by atoms with van der Waals surface area (Å²) in [5.41, 5.74) is 0. The minimum absolute atomic E-state index is 0.213. The van der Waals surface area contributed by atoms with Crippen molar-refractivity contribution in [2.45, 2.75) is 40.2 Å². The summed E-state index contributed by atoms with van der Waals surface area (Å²) in [6, 6.07) is 0. The third-order valence-corrected chi connectivity index (χ3v) is 2.09. The largest absolute Gasteiger partial charge is 0.378 e. The molecule has 0 aliphatic carbocycles. The van der Waals surface area contributed by atoms with E-state index in [0.29, 0.717) is 13.1 Å². The van der Waals surface area contributed by atoms with Gasteiger partial charge in [-0.05, 0) is 11.8 Å². The van der Waals surface area contributed by atoms with Crippen LogP contribution in [0.15, 0.2) is 0 Å². The van der Waals surface area contributed by atoms with E-state index >= 15 is 0 Å². The fourth-order valence-corrected chi connectivity index (χ4v) is 0.912. The lowest BCUT2D eigenvalue weighted by Gasteiger charge is -2.19. The molecule has 0 fully saturated rings. The van der Waals surface area contributed by atoms with Gasteiger partial charge in [-0.15, -0.1) is 0 Å². The Kier molecular flexibility index (Phi) is 7.09. The molecule has 4 heteroatoms. The van der Waals surface area contributed by atoms with E-state index in [1.54, 1.807) is 0 Å². The molecule has 0 heterocycles. The molecule has 2 unspecified atom stereocenters. The van der Waals surface area contributed by atoms with Crippen LogP contribution in [0.25, 0.3) is 0 Å². The Labute approximate surface area is 86.7 Å². The second kappa shape index (κ2) is 7.17. The zero-order valence-corrected chi connectivity index (χ0v) is 9.62. The van der Waals surface area contributed by atoms with Gasteiger partial charge in [0.25, 0.3) is 0 Å². The monoisotopic (exact) mass is 204 g/mol. The highest BCUT2D eigenvalue weighted by Crippen LogP contribution is 1.97. The van der Waals surface area contributed by atoms with Crippen LogP contribution in [0, 0.1) is 11.8 Å². The number of aliphatic hydroxyl groups is 2. The van der Waals surface area contributed by atoms with E-state index in [0.717, 1.165) is 0 Å². The summed E-state index contributed by atoms with van der Waals surface area (Å²) >= 11 is 0. The average molecular weight is 204 g/mol. The summed E-state index contributed by atoms with van der Waals surface area (Å²) in [7, 11) is 0. The molecule has 0 aliphatic rings. The van der Waals surface area contributed by atoms with Crippen LogP contribution < -0.4 is 10.6 Å². The second-order valence-electron chi connectivity index (χ2n) is 4.29. The number of rotatable bonds is 7. The Morgan fingerprint density at radius 2 is 1.07 bits per heavy atom. The van der Waals surface area contributed by atoms with Crippen molar-refractivity contribution >= 4 is 0 Å². The Bertz CT molecular complexity index is 124. The predicted octanol–water partition coefficient (Wildman–Crippen LogP) is 0.114. The molecule has 0 amide bonds. The molecule has 0 rings (SSSR count). The van der Waals surface area contributed by atoms with Crippen LogP contribution in [0.3, 0.4) is 0 Å². The first-order valence-corrected chi connectivity index (χ1v) is 5.28. The minimum Gasteiger partial charge on any atom is -0.378 e. The smallest absolute Gasteiger partial charge is 0.107 e. The van der Waals surface area contributed by atoms with Crippen LogP contribution in [0.4, 0.5) is 0 Å². The van der Waals surface area contributed by atoms with Crippen LogP contribution in [0.5, 0.6) is 0 Å². The zero-order valence-electron chi connectivity index (χ0n) is 9.62. The standard InChI is InChI=1S/C10H24N2O2/c1-7(2)9(13)11-5-6-12-10(14)8(3)4/h7-14H,5-6H2,1-4H3. The van der Waals surface area contributed by atoms with Crippen molar-refractivity contribution in [3.05, 3.63) is 0 Å². The maximum atomic E-state index is 9.40. The molecule has 0 aromatic rings. The van der Waals surface area contributed by atoms with Crippen LogP contribution in [-0.4, -0.2) is 35.8 Å². The van der Waals surface area contributed by atoms with Crippen molar-refractivity contribution < 1.29 is 10.2 Å². The van der Waals surface area contributed by atoms with Gasteiger partial charge in [-0.1, -0.05) is 27.7 Å². The second-order valence-corrected chi connectivity index (χ2v) is 4.29. The van der Waals surface area contributed by atoms with E-state index < -0.39 is 12.5 Å². The van der Waals surface area contributed by atoms with Gasteiger partial charge >= 0.3 is 0 Å². The maximum Gasteiger partial charge on any atom is 0.107 e. The minimum atomic E-state index is -0.465. The molecular weight excluding hydrogens is 180 g/mol. The van der Waals surface area contributed by atoms with Gasteiger partial charge in [0.15, 0.2) is 0 Å². The van der Waals surface area contributed by atoms with Crippen LogP contribution >= 0.6 is 0 Å². The van der Waals surface area contributed by atoms with Crippen molar-refractivity contribution in [1.29, 1.82) is 0 Å². The summed E-state index contributed by atoms with van der Waals surface area (Å²) in [6.45, 7) is 9.12. The third kappa shape index (κ3) is 6.32. The van der Waals surface area contributed by atoms with Crippen molar-refractivity contribution in [3.8, 4) is 0 Å². The van der Waals surface area contributed by atoms with Gasteiger partial charge in [0.1, 0.15) is 12.5 Å². The van der Waals surface area contributed by atoms with Gasteiger partial charge in [0.05, 0.1) is 0 Å². The number of hydrogen-bond donors (Lipinski definition) is 4. The lowest BCUT2D eigenvalue weighted by molar-refractivity contribution is 0.0765. The fraction of sp³-hybridized carbons (Fsp3) is 1.00. The molecule has 0 spiro atoms. The zero-order chi connectivity index (χ0) is 11.1. The molecule has 0 aliphatic heterocycles. The quantitative estimate of drug-likeness (QED) is 0.351. The molecule has 4 N–H and O–H groups in total. The van der Waals surface area contributed by atoms with Gasteiger partial charge in [-0.3, -0.25) is 10.6 Å². The number of hydrogen-bond acceptors (Lipinski definition) is 4. The first-order chi connectivity index (χ1) is 6.45. The van der Waals surface area contributed by atoms with Gasteiger partial charge < -0.3 is 10.2 Å². The number of aliphatic hydroxyl groups excluding tert-OH is 2. The van der Waals surface area contributed by atoms with Gasteiger partial charge in [0.2, 0.25) is 0 Å². The van der Waals surface area contributed by atoms with E-state index in [4.69, 9.17) is 0 Å². The Balaban J connectivity index is 3.38. The molecule has 14 heavy (non-hydrogen) atoms. The first kappa shape index (κ1) is 13.8. The Hall–Kier alpha value is -0.160. The van der Waals surface area contributed by atoms with Crippen LogP contribution in [-0.2, 0) is 0 Å². The van der Waals surface area contributed by atoms with Crippen molar-refractivity contribution in [3.63, 3.8) is 0 Å². The van der Waals surface area contributed by atoms with Crippen molar-refractivity contribution in [1.82, 2.24) is 10.6 Å². The fourth-order valence-electron chi connectivity index (χ4n) is 0.912. The molecular formula is C10H24N2O2. The highest BCUT2D eigenvalue weighted by Gasteiger charge is 2.09. The van der Waals surface area contributed by atoms with Gasteiger partial charge in [0, 0.05) is 13.1 Å². The summed E-state index contributed by atoms with van der Waals surface area (Å²) in [5, 5.41) is 24.7. The molecule has 0 bridgehead atoms. The predicted molar refractivity (Wildman–Crippen MR) is 57.7 cm³/mol. The lowest BCUT2D eigenvalue weighted by atomic mass is 10.2. The highest BCUT2D eigenvalue weighted by atomic mass is 16.3. The molecule has 0 saturated carbocycles. The highest BCUT2D eigenvalue weighted by molar-refractivity contribution is 4.62. The first-order valence-electron chi connectivity index (χ1n) is 5.28. The molecule has 0 saturated heterocycles. The van der Waals surface area contributed by atoms with Gasteiger partial charge in [-0.25, -0.2) is 0 Å². The summed E-state index contributed by atoms with van der Waals surface area (Å²) in [4.78, 5) is 0. The van der Waals surface area contributed by atoms with E-state index in [1.165, 1.54) is 0 Å². The maximum absolute atomic E-state index is 9.40. The van der Waals surface area contributed by atoms with Gasteiger partial charge in [-0.2, -0.15) is 0 Å². The lowest BCUT2D eigenvalue weighted by Crippen LogP contribution is -2.42. The molecule has 2 atom stereocenters. The molecule has 0 aromatic carbocycles. The normalized spacial score (nSPS) is 16.3. The Morgan fingerprint density at radius 1 is 0.786 bits per heavy atom. The topological polar surface area (TPSA) is 64.5 Å².